The van der Waals surface area contributed by atoms with E-state index in [1.54, 1.807) is 0 Å². The summed E-state index contributed by atoms with van der Waals surface area (Å²) in [6, 6.07) is 2.40. The first-order valence-electron chi connectivity index (χ1n) is 2.71. The molecule has 0 saturated carbocycles. The maximum Gasteiger partial charge on any atom is 0.148 e. The van der Waals surface area contributed by atoms with Gasteiger partial charge in [0.1, 0.15) is 13.7 Å². The number of hydrogen-bond acceptors (Lipinski definition) is 2. The van der Waals surface area contributed by atoms with Crippen LogP contribution < -0.4 is 16.9 Å². The molecule has 0 bridgehead atoms. The highest BCUT2D eigenvalue weighted by atomic mass is 19.1. The van der Waals surface area contributed by atoms with Gasteiger partial charge in [0, 0.05) is 5.69 Å². The van der Waals surface area contributed by atoms with Crippen molar-refractivity contribution in [1.29, 1.82) is 0 Å². The van der Waals surface area contributed by atoms with Crippen LogP contribution in [0.1, 0.15) is 0 Å². The van der Waals surface area contributed by atoms with Crippen LogP contribution in [0, 0.1) is 5.82 Å². The molecule has 0 amide bonds. The van der Waals surface area contributed by atoms with Crippen LogP contribution >= 0.6 is 0 Å². The number of nitrogens with two attached hydrogens (primary N) is 2. The van der Waals surface area contributed by atoms with Gasteiger partial charge in [-0.25, -0.2) is 4.39 Å². The number of rotatable bonds is 0. The summed E-state index contributed by atoms with van der Waals surface area (Å²) in [6.45, 7) is 0. The minimum atomic E-state index is -0.535. The average molecular weight is 136 g/mol. The predicted molar refractivity (Wildman–Crippen MR) is 40.6 cm³/mol. The molecule has 0 spiro atoms. The SMILES string of the molecule is [B]c1cc(N)c(F)cc1N. The minimum absolute atomic E-state index is 0.0201. The zero-order valence-corrected chi connectivity index (χ0v) is 5.26. The number of anilines is 2. The van der Waals surface area contributed by atoms with Crippen molar-refractivity contribution in [2.45, 2.75) is 0 Å². The third kappa shape index (κ3) is 1.05. The molecular formula is C6H6BFN2. The molecule has 0 fully saturated rings. The Balaban J connectivity index is 3.28. The second-order valence-electron chi connectivity index (χ2n) is 2.00. The van der Waals surface area contributed by atoms with Crippen LogP contribution in [0.25, 0.3) is 0 Å². The number of hydrogen-bond donors (Lipinski definition) is 2. The van der Waals surface area contributed by atoms with Gasteiger partial charge in [0.25, 0.3) is 0 Å². The van der Waals surface area contributed by atoms with Crippen LogP contribution in [0.5, 0.6) is 0 Å². The molecule has 0 atom stereocenters. The maximum atomic E-state index is 12.5. The molecule has 2 nitrogen and oxygen atoms in total. The van der Waals surface area contributed by atoms with Crippen molar-refractivity contribution >= 4 is 24.7 Å². The molecule has 0 aliphatic heterocycles. The standard InChI is InChI=1S/C6H6BFN2/c7-3-1-6(10)4(8)2-5(3)9/h1-2H,9-10H2. The molecule has 2 radical (unpaired) electrons. The fraction of sp³-hybridized carbons (Fsp3) is 0. The maximum absolute atomic E-state index is 12.5. The molecule has 50 valence electrons. The average Bonchev–Trinajstić information content (AvgIpc) is 1.84. The lowest BCUT2D eigenvalue weighted by atomic mass is 9.94. The summed E-state index contributed by atoms with van der Waals surface area (Å²) in [5, 5.41) is 0. The molecule has 0 aromatic heterocycles. The van der Waals surface area contributed by atoms with Crippen molar-refractivity contribution in [1.82, 2.24) is 0 Å². The molecule has 4 N–H and O–H groups in total. The summed E-state index contributed by atoms with van der Waals surface area (Å²) >= 11 is 0. The summed E-state index contributed by atoms with van der Waals surface area (Å²) in [7, 11) is 5.32. The lowest BCUT2D eigenvalue weighted by Gasteiger charge is -2.01. The zero-order valence-electron chi connectivity index (χ0n) is 5.26. The van der Waals surface area contributed by atoms with Crippen LogP contribution in [-0.2, 0) is 0 Å². The Morgan fingerprint density at radius 2 is 1.80 bits per heavy atom. The Morgan fingerprint density at radius 3 is 2.30 bits per heavy atom. The Hall–Kier alpha value is -1.19. The van der Waals surface area contributed by atoms with Gasteiger partial charge >= 0.3 is 0 Å². The van der Waals surface area contributed by atoms with Crippen LogP contribution in [0.2, 0.25) is 0 Å². The van der Waals surface area contributed by atoms with Gasteiger partial charge in [-0.1, -0.05) is 5.46 Å². The van der Waals surface area contributed by atoms with Crippen LogP contribution in [0.4, 0.5) is 15.8 Å². The second kappa shape index (κ2) is 2.21. The van der Waals surface area contributed by atoms with Gasteiger partial charge in [0.2, 0.25) is 0 Å². The molecule has 1 aromatic rings. The summed E-state index contributed by atoms with van der Waals surface area (Å²) in [6.07, 6.45) is 0. The van der Waals surface area contributed by atoms with Crippen molar-refractivity contribution in [3.05, 3.63) is 17.9 Å². The number of nitrogen functional groups attached to an aromatic ring is 2. The van der Waals surface area contributed by atoms with E-state index in [0.717, 1.165) is 6.07 Å². The Morgan fingerprint density at radius 1 is 1.20 bits per heavy atom. The molecule has 1 rings (SSSR count). The smallest absolute Gasteiger partial charge is 0.148 e. The minimum Gasteiger partial charge on any atom is -0.399 e. The van der Waals surface area contributed by atoms with Gasteiger partial charge in [-0.15, -0.1) is 0 Å². The van der Waals surface area contributed by atoms with Crippen molar-refractivity contribution in [3.8, 4) is 0 Å². The highest BCUT2D eigenvalue weighted by molar-refractivity contribution is 6.35. The van der Waals surface area contributed by atoms with E-state index in [9.17, 15) is 4.39 Å². The third-order valence-corrected chi connectivity index (χ3v) is 1.20. The molecule has 10 heavy (non-hydrogen) atoms. The lowest BCUT2D eigenvalue weighted by molar-refractivity contribution is 0.633. The molecular weight excluding hydrogens is 130 g/mol. The quantitative estimate of drug-likeness (QED) is 0.382. The Kier molecular flexibility index (Phi) is 1.53. The Labute approximate surface area is 59.4 Å². The summed E-state index contributed by atoms with van der Waals surface area (Å²) in [5.74, 6) is -0.535. The van der Waals surface area contributed by atoms with E-state index < -0.39 is 5.82 Å². The van der Waals surface area contributed by atoms with E-state index in [0.29, 0.717) is 5.46 Å². The van der Waals surface area contributed by atoms with Gasteiger partial charge in [0.15, 0.2) is 0 Å². The topological polar surface area (TPSA) is 52.0 Å². The molecule has 0 unspecified atom stereocenters. The summed E-state index contributed by atoms with van der Waals surface area (Å²) in [5.41, 5.74) is 11.0. The molecule has 0 aliphatic rings. The number of benzene rings is 1. The van der Waals surface area contributed by atoms with Gasteiger partial charge < -0.3 is 11.5 Å². The highest BCUT2D eigenvalue weighted by Gasteiger charge is 1.99. The highest BCUT2D eigenvalue weighted by Crippen LogP contribution is 2.09. The molecule has 0 saturated heterocycles. The van der Waals surface area contributed by atoms with Gasteiger partial charge in [-0.2, -0.15) is 0 Å². The summed E-state index contributed by atoms with van der Waals surface area (Å²) in [4.78, 5) is 0. The van der Waals surface area contributed by atoms with Crippen LogP contribution in [0.3, 0.4) is 0 Å². The monoisotopic (exact) mass is 136 g/mol. The molecule has 0 heterocycles. The normalized spacial score (nSPS) is 9.70. The van der Waals surface area contributed by atoms with Gasteiger partial charge in [-0.05, 0) is 12.1 Å². The lowest BCUT2D eigenvalue weighted by Crippen LogP contribution is -2.11. The van der Waals surface area contributed by atoms with Crippen molar-refractivity contribution in [3.63, 3.8) is 0 Å². The first-order chi connectivity index (χ1) is 4.61. The van der Waals surface area contributed by atoms with Crippen LogP contribution in [-0.4, -0.2) is 7.85 Å². The second-order valence-corrected chi connectivity index (χ2v) is 2.00. The first kappa shape index (κ1) is 6.93. The Bertz CT molecular complexity index is 212. The molecule has 4 heteroatoms. The van der Waals surface area contributed by atoms with E-state index in [-0.39, 0.29) is 11.4 Å². The van der Waals surface area contributed by atoms with Gasteiger partial charge in [-0.3, -0.25) is 0 Å². The zero-order chi connectivity index (χ0) is 7.72. The van der Waals surface area contributed by atoms with E-state index in [1.165, 1.54) is 6.07 Å². The van der Waals surface area contributed by atoms with Gasteiger partial charge in [0.05, 0.1) is 5.69 Å². The fourth-order valence-corrected chi connectivity index (χ4v) is 0.623. The largest absolute Gasteiger partial charge is 0.399 e. The fourth-order valence-electron chi connectivity index (χ4n) is 0.623. The van der Waals surface area contributed by atoms with Crippen molar-refractivity contribution in [2.24, 2.45) is 0 Å². The molecule has 0 aliphatic carbocycles. The van der Waals surface area contributed by atoms with E-state index in [2.05, 4.69) is 0 Å². The van der Waals surface area contributed by atoms with Crippen molar-refractivity contribution < 1.29 is 4.39 Å². The predicted octanol–water partition coefficient (Wildman–Crippen LogP) is -0.216. The van der Waals surface area contributed by atoms with Crippen molar-refractivity contribution in [2.75, 3.05) is 11.5 Å². The number of halogens is 1. The van der Waals surface area contributed by atoms with E-state index >= 15 is 0 Å². The van der Waals surface area contributed by atoms with E-state index in [1.807, 2.05) is 0 Å². The third-order valence-electron chi connectivity index (χ3n) is 1.20. The summed E-state index contributed by atoms with van der Waals surface area (Å²) < 4.78 is 12.5. The van der Waals surface area contributed by atoms with E-state index in [4.69, 9.17) is 19.3 Å². The van der Waals surface area contributed by atoms with Crippen LogP contribution in [0.15, 0.2) is 12.1 Å². The first-order valence-corrected chi connectivity index (χ1v) is 2.71. The molecule has 1 aromatic carbocycles.